The van der Waals surface area contributed by atoms with E-state index in [-0.39, 0.29) is 18.7 Å². The summed E-state index contributed by atoms with van der Waals surface area (Å²) in [7, 11) is 0. The summed E-state index contributed by atoms with van der Waals surface area (Å²) < 4.78 is 13.5. The molecule has 0 spiro atoms. The van der Waals surface area contributed by atoms with Gasteiger partial charge in [0.05, 0.1) is 24.2 Å². The van der Waals surface area contributed by atoms with E-state index in [0.29, 0.717) is 23.9 Å². The molecule has 1 aliphatic rings. The smallest absolute Gasteiger partial charge is 0.231 e. The summed E-state index contributed by atoms with van der Waals surface area (Å²) in [6.45, 7) is 3.24. The van der Waals surface area contributed by atoms with Crippen LogP contribution in [0.3, 0.4) is 0 Å². The fraction of sp³-hybridized carbons (Fsp3) is 0.381. The molecule has 9 nitrogen and oxygen atoms in total. The number of aliphatic hydroxyl groups excluding tert-OH is 1. The molecule has 2 atom stereocenters. The second-order valence-electron chi connectivity index (χ2n) is 7.70. The minimum absolute atomic E-state index is 0.0839. The fourth-order valence-corrected chi connectivity index (χ4v) is 3.93. The molecule has 5 heterocycles. The molecule has 1 aliphatic heterocycles. The first kappa shape index (κ1) is 18.8. The van der Waals surface area contributed by atoms with Gasteiger partial charge in [0.15, 0.2) is 11.4 Å². The fourth-order valence-electron chi connectivity index (χ4n) is 3.93. The Balaban J connectivity index is 1.56. The van der Waals surface area contributed by atoms with E-state index >= 15 is 0 Å². The third-order valence-electron chi connectivity index (χ3n) is 5.37. The van der Waals surface area contributed by atoms with Gasteiger partial charge in [0.1, 0.15) is 23.7 Å². The van der Waals surface area contributed by atoms with Crippen molar-refractivity contribution in [1.29, 1.82) is 0 Å². The van der Waals surface area contributed by atoms with Crippen LogP contribution in [-0.2, 0) is 0 Å². The normalized spacial score (nSPS) is 17.8. The van der Waals surface area contributed by atoms with Gasteiger partial charge in [-0.3, -0.25) is 0 Å². The van der Waals surface area contributed by atoms with Gasteiger partial charge in [0.2, 0.25) is 5.88 Å². The van der Waals surface area contributed by atoms with E-state index in [1.807, 2.05) is 25.1 Å². The van der Waals surface area contributed by atoms with E-state index in [0.717, 1.165) is 41.9 Å². The molecule has 30 heavy (non-hydrogen) atoms. The van der Waals surface area contributed by atoms with Gasteiger partial charge in [0, 0.05) is 24.8 Å². The highest BCUT2D eigenvalue weighted by Gasteiger charge is 2.27. The largest absolute Gasteiger partial charge is 0.475 e. The van der Waals surface area contributed by atoms with E-state index in [1.54, 1.807) is 23.0 Å². The van der Waals surface area contributed by atoms with E-state index in [9.17, 15) is 5.11 Å². The number of hydrogen-bond donors (Lipinski definition) is 2. The van der Waals surface area contributed by atoms with Gasteiger partial charge in [-0.1, -0.05) is 0 Å². The summed E-state index contributed by atoms with van der Waals surface area (Å²) >= 11 is 0. The molecule has 0 bridgehead atoms. The summed E-state index contributed by atoms with van der Waals surface area (Å²) in [4.78, 5) is 11.2. The van der Waals surface area contributed by atoms with Gasteiger partial charge in [-0.15, -0.1) is 5.10 Å². The number of rotatable bonds is 6. The van der Waals surface area contributed by atoms with Gasteiger partial charge in [-0.25, -0.2) is 14.5 Å². The maximum Gasteiger partial charge on any atom is 0.231 e. The molecule has 0 aliphatic carbocycles. The van der Waals surface area contributed by atoms with Crippen molar-refractivity contribution in [3.8, 4) is 17.3 Å². The number of furan rings is 1. The van der Waals surface area contributed by atoms with Crippen molar-refractivity contribution < 1.29 is 14.3 Å². The minimum Gasteiger partial charge on any atom is -0.475 e. The molecule has 4 aromatic heterocycles. The predicted octanol–water partition coefficient (Wildman–Crippen LogP) is 2.22. The molecule has 9 heteroatoms. The first-order valence-electron chi connectivity index (χ1n) is 10.1. The molecular weight excluding hydrogens is 384 g/mol. The average molecular weight is 408 g/mol. The zero-order valence-electron chi connectivity index (χ0n) is 16.7. The number of nitrogens with two attached hydrogens (primary N) is 1. The monoisotopic (exact) mass is 408 g/mol. The molecule has 4 aromatic rings. The topological polar surface area (TPSA) is 115 Å². The van der Waals surface area contributed by atoms with E-state index in [1.165, 1.54) is 0 Å². The Bertz CT molecular complexity index is 1180. The van der Waals surface area contributed by atoms with Crippen LogP contribution < -0.4 is 15.4 Å². The molecule has 0 saturated carbocycles. The Morgan fingerprint density at radius 2 is 2.23 bits per heavy atom. The molecular formula is C21H24N6O3. The summed E-state index contributed by atoms with van der Waals surface area (Å²) in [5, 5.41) is 15.2. The van der Waals surface area contributed by atoms with Gasteiger partial charge in [0.25, 0.3) is 0 Å². The Morgan fingerprint density at radius 3 is 3.07 bits per heavy atom. The maximum atomic E-state index is 9.72. The molecule has 5 rings (SSSR count). The average Bonchev–Trinajstić information content (AvgIpc) is 3.48. The van der Waals surface area contributed by atoms with Crippen molar-refractivity contribution in [3.05, 3.63) is 36.7 Å². The summed E-state index contributed by atoms with van der Waals surface area (Å²) in [6.07, 6.45) is 5.47. The lowest BCUT2D eigenvalue weighted by molar-refractivity contribution is 0.266. The number of fused-ring (bicyclic) bond motifs is 2. The van der Waals surface area contributed by atoms with Crippen molar-refractivity contribution in [3.63, 3.8) is 0 Å². The van der Waals surface area contributed by atoms with E-state index in [2.05, 4.69) is 20.0 Å². The summed E-state index contributed by atoms with van der Waals surface area (Å²) in [6, 6.07) is 7.43. The standard InChI is InChI=1S/C21H24N6O3/c1-13(22)12-29-20-5-4-19-24-10-16(27(19)25-20)18-9-15-17(30-18)6-7-23-21(15)26-8-2-3-14(26)11-28/h4-7,9-10,13-14,28H,2-3,8,11-12,22H2,1H3/t13-,14+/m0/s1. The lowest BCUT2D eigenvalue weighted by Crippen LogP contribution is -2.32. The maximum absolute atomic E-state index is 9.72. The number of anilines is 1. The van der Waals surface area contributed by atoms with Crippen LogP contribution in [0, 0.1) is 0 Å². The summed E-state index contributed by atoms with van der Waals surface area (Å²) in [5.41, 5.74) is 7.92. The number of aromatic nitrogens is 4. The number of aliphatic hydroxyl groups is 1. The Kier molecular flexibility index (Phi) is 4.76. The highest BCUT2D eigenvalue weighted by Crippen LogP contribution is 2.35. The first-order chi connectivity index (χ1) is 14.6. The number of pyridine rings is 1. The lowest BCUT2D eigenvalue weighted by Gasteiger charge is -2.24. The zero-order valence-corrected chi connectivity index (χ0v) is 16.7. The number of nitrogens with zero attached hydrogens (tertiary/aromatic N) is 5. The lowest BCUT2D eigenvalue weighted by atomic mass is 10.2. The third-order valence-corrected chi connectivity index (χ3v) is 5.37. The second kappa shape index (κ2) is 7.58. The van der Waals surface area contributed by atoms with Crippen molar-refractivity contribution in [2.75, 3.05) is 24.7 Å². The molecule has 0 radical (unpaired) electrons. The van der Waals surface area contributed by atoms with E-state index in [4.69, 9.17) is 14.9 Å². The van der Waals surface area contributed by atoms with Crippen molar-refractivity contribution in [2.45, 2.75) is 31.8 Å². The van der Waals surface area contributed by atoms with E-state index < -0.39 is 0 Å². The van der Waals surface area contributed by atoms with Crippen LogP contribution in [0.1, 0.15) is 19.8 Å². The van der Waals surface area contributed by atoms with Crippen molar-refractivity contribution in [1.82, 2.24) is 19.6 Å². The zero-order chi connectivity index (χ0) is 20.7. The number of ether oxygens (including phenoxy) is 1. The molecule has 3 N–H and O–H groups in total. The van der Waals surface area contributed by atoms with Gasteiger partial charge >= 0.3 is 0 Å². The Morgan fingerprint density at radius 1 is 1.33 bits per heavy atom. The molecule has 0 aromatic carbocycles. The van der Waals surface area contributed by atoms with Crippen LogP contribution in [0.25, 0.3) is 28.1 Å². The molecule has 0 unspecified atom stereocenters. The van der Waals surface area contributed by atoms with Crippen LogP contribution in [0.15, 0.2) is 41.1 Å². The minimum atomic E-state index is -0.0839. The van der Waals surface area contributed by atoms with Crippen LogP contribution >= 0.6 is 0 Å². The van der Waals surface area contributed by atoms with Crippen molar-refractivity contribution >= 4 is 22.4 Å². The molecule has 0 amide bonds. The van der Waals surface area contributed by atoms with Crippen molar-refractivity contribution in [2.24, 2.45) is 5.73 Å². The summed E-state index contributed by atoms with van der Waals surface area (Å²) in [5.74, 6) is 1.95. The van der Waals surface area contributed by atoms with Crippen LogP contribution in [0.2, 0.25) is 0 Å². The van der Waals surface area contributed by atoms with Crippen LogP contribution in [0.5, 0.6) is 5.88 Å². The number of hydrogen-bond acceptors (Lipinski definition) is 8. The molecule has 1 fully saturated rings. The predicted molar refractivity (Wildman–Crippen MR) is 113 cm³/mol. The molecule has 156 valence electrons. The Hall–Kier alpha value is -3.17. The van der Waals surface area contributed by atoms with Crippen LogP contribution in [0.4, 0.5) is 5.82 Å². The number of imidazole rings is 1. The van der Waals surface area contributed by atoms with Crippen LogP contribution in [-0.4, -0.2) is 56.5 Å². The van der Waals surface area contributed by atoms with Gasteiger partial charge < -0.3 is 24.9 Å². The quantitative estimate of drug-likeness (QED) is 0.499. The third kappa shape index (κ3) is 3.25. The highest BCUT2D eigenvalue weighted by atomic mass is 16.5. The Labute approximate surface area is 173 Å². The SMILES string of the molecule is C[C@H](N)COc1ccc2ncc(-c3cc4c(N5CCC[C@@H]5CO)nccc4o3)n2n1. The first-order valence-corrected chi connectivity index (χ1v) is 10.1. The second-order valence-corrected chi connectivity index (χ2v) is 7.70. The van der Waals surface area contributed by atoms with Gasteiger partial charge in [-0.05, 0) is 38.0 Å². The van der Waals surface area contributed by atoms with Gasteiger partial charge in [-0.2, -0.15) is 0 Å². The highest BCUT2D eigenvalue weighted by molar-refractivity contribution is 5.92. The molecule has 1 saturated heterocycles.